The third-order valence-corrected chi connectivity index (χ3v) is 7.34. The molecule has 0 amide bonds. The molecule has 2 atom stereocenters. The van der Waals surface area contributed by atoms with Crippen molar-refractivity contribution in [1.29, 1.82) is 0 Å². The lowest BCUT2D eigenvalue weighted by Crippen LogP contribution is -2.12. The molecule has 0 saturated heterocycles. The summed E-state index contributed by atoms with van der Waals surface area (Å²) < 4.78 is 7.99. The molecule has 0 aliphatic heterocycles. The summed E-state index contributed by atoms with van der Waals surface area (Å²) in [5.41, 5.74) is 6.14. The van der Waals surface area contributed by atoms with Crippen molar-refractivity contribution in [2.24, 2.45) is 13.0 Å². The predicted octanol–water partition coefficient (Wildman–Crippen LogP) is 4.88. The van der Waals surface area contributed by atoms with E-state index in [1.807, 2.05) is 29.8 Å². The quantitative estimate of drug-likeness (QED) is 0.364. The van der Waals surface area contributed by atoms with Crippen LogP contribution < -0.4 is 10.0 Å². The Balaban J connectivity index is 1.24. The number of ether oxygens (including phenoxy) is 1. The molecule has 0 radical (unpaired) electrons. The van der Waals surface area contributed by atoms with Crippen molar-refractivity contribution in [2.75, 3.05) is 0 Å². The minimum atomic E-state index is -1.03. The lowest BCUT2D eigenvalue weighted by Gasteiger charge is -2.21. The number of hydrogen-bond donors (Lipinski definition) is 1. The van der Waals surface area contributed by atoms with Crippen LogP contribution >= 0.6 is 9.24 Å². The van der Waals surface area contributed by atoms with Crippen LogP contribution in [0.2, 0.25) is 0 Å². The smallest absolute Gasteiger partial charge is 0.354 e. The number of carboxylic acids is 1. The molecule has 5 rings (SSSR count). The van der Waals surface area contributed by atoms with Crippen LogP contribution in [0.25, 0.3) is 16.6 Å². The molecule has 7 nitrogen and oxygen atoms in total. The third-order valence-electron chi connectivity index (χ3n) is 6.80. The number of aryl methyl sites for hydroxylation is 2. The molecular formula is C28H29N4O3P. The summed E-state index contributed by atoms with van der Waals surface area (Å²) >= 11 is 0. The first kappa shape index (κ1) is 24.1. The fraction of sp³-hybridized carbons (Fsp3) is 0.286. The Morgan fingerprint density at radius 3 is 2.83 bits per heavy atom. The molecule has 184 valence electrons. The zero-order chi connectivity index (χ0) is 25.2. The van der Waals surface area contributed by atoms with Crippen molar-refractivity contribution in [3.8, 4) is 5.88 Å². The standard InChI is InChI=1S/C28H29N4O3P/c1-17-6-9-20(25(36)12-17)16-35-27-5-3-4-21(31-27)19-10-7-18(8-11-19)13-26-30-23-15-29-22(28(33)34)14-24(23)32(26)2/h3-6,9-10,12,14-15,18H,7-8,11,13,16,36H2,1-2H3,(H,33,34). The van der Waals surface area contributed by atoms with E-state index in [1.54, 1.807) is 12.3 Å². The zero-order valence-corrected chi connectivity index (χ0v) is 21.6. The monoisotopic (exact) mass is 500 g/mol. The molecule has 4 aromatic rings. The summed E-state index contributed by atoms with van der Waals surface area (Å²) in [6.45, 7) is 2.57. The second-order valence-electron chi connectivity index (χ2n) is 9.38. The van der Waals surface area contributed by atoms with Crippen LogP contribution in [0.1, 0.15) is 52.4 Å². The molecule has 0 fully saturated rings. The highest BCUT2D eigenvalue weighted by Crippen LogP contribution is 2.32. The SMILES string of the molecule is Cc1ccc(COc2cccc(C3=CCC(Cc4nc5cnc(C(=O)O)cc5n4C)CC3)n2)c(P)c1. The Kier molecular flexibility index (Phi) is 6.84. The minimum absolute atomic E-state index is 0.0360. The molecular weight excluding hydrogens is 471 g/mol. The van der Waals surface area contributed by atoms with E-state index in [0.29, 0.717) is 18.4 Å². The number of aromatic carboxylic acids is 1. The molecule has 0 spiro atoms. The fourth-order valence-electron chi connectivity index (χ4n) is 4.68. The lowest BCUT2D eigenvalue weighted by molar-refractivity contribution is 0.0690. The van der Waals surface area contributed by atoms with Gasteiger partial charge in [0.2, 0.25) is 5.88 Å². The average Bonchev–Trinajstić information content (AvgIpc) is 3.18. The molecule has 1 aliphatic carbocycles. The largest absolute Gasteiger partial charge is 0.477 e. The first-order chi connectivity index (χ1) is 17.4. The highest BCUT2D eigenvalue weighted by Gasteiger charge is 2.20. The number of benzene rings is 1. The van der Waals surface area contributed by atoms with Crippen molar-refractivity contribution >= 4 is 37.1 Å². The van der Waals surface area contributed by atoms with Gasteiger partial charge >= 0.3 is 5.97 Å². The molecule has 0 bridgehead atoms. The first-order valence-electron chi connectivity index (χ1n) is 12.1. The maximum absolute atomic E-state index is 11.3. The summed E-state index contributed by atoms with van der Waals surface area (Å²) in [7, 11) is 4.71. The van der Waals surface area contributed by atoms with Crippen molar-refractivity contribution in [2.45, 2.75) is 39.2 Å². The van der Waals surface area contributed by atoms with Gasteiger partial charge in [0, 0.05) is 19.5 Å². The van der Waals surface area contributed by atoms with Gasteiger partial charge in [-0.15, -0.1) is 9.24 Å². The van der Waals surface area contributed by atoms with Gasteiger partial charge in [-0.05, 0) is 60.7 Å². The summed E-state index contributed by atoms with van der Waals surface area (Å²) in [5.74, 6) is 1.03. The van der Waals surface area contributed by atoms with Crippen molar-refractivity contribution < 1.29 is 14.6 Å². The molecule has 1 N–H and O–H groups in total. The number of rotatable bonds is 7. The molecule has 8 heteroatoms. The topological polar surface area (TPSA) is 90.1 Å². The maximum atomic E-state index is 11.3. The molecule has 1 aromatic carbocycles. The Morgan fingerprint density at radius 2 is 2.08 bits per heavy atom. The van der Waals surface area contributed by atoms with E-state index in [4.69, 9.17) is 14.7 Å². The molecule has 1 aliphatic rings. The van der Waals surface area contributed by atoms with Crippen molar-refractivity contribution in [3.63, 3.8) is 0 Å². The van der Waals surface area contributed by atoms with Gasteiger partial charge in [-0.2, -0.15) is 0 Å². The fourth-order valence-corrected chi connectivity index (χ4v) is 5.12. The van der Waals surface area contributed by atoms with Crippen LogP contribution in [0.3, 0.4) is 0 Å². The highest BCUT2D eigenvalue weighted by atomic mass is 31.0. The molecule has 36 heavy (non-hydrogen) atoms. The zero-order valence-electron chi connectivity index (χ0n) is 20.4. The minimum Gasteiger partial charge on any atom is -0.477 e. The van der Waals surface area contributed by atoms with E-state index >= 15 is 0 Å². The van der Waals surface area contributed by atoms with E-state index in [9.17, 15) is 9.90 Å². The van der Waals surface area contributed by atoms with Gasteiger partial charge in [-0.1, -0.05) is 35.9 Å². The molecule has 3 heterocycles. The Labute approximate surface area is 212 Å². The van der Waals surface area contributed by atoms with E-state index in [1.165, 1.54) is 11.1 Å². The Morgan fingerprint density at radius 1 is 1.22 bits per heavy atom. The van der Waals surface area contributed by atoms with E-state index in [2.05, 4.69) is 45.4 Å². The van der Waals surface area contributed by atoms with Crippen molar-refractivity contribution in [1.82, 2.24) is 19.5 Å². The number of aromatic nitrogens is 4. The van der Waals surface area contributed by atoms with Crippen LogP contribution in [-0.2, 0) is 20.1 Å². The van der Waals surface area contributed by atoms with Crippen LogP contribution in [0.4, 0.5) is 0 Å². The third kappa shape index (κ3) is 5.17. The number of pyridine rings is 2. The summed E-state index contributed by atoms with van der Waals surface area (Å²) in [6, 6.07) is 13.9. The van der Waals surface area contributed by atoms with E-state index in [-0.39, 0.29) is 5.69 Å². The summed E-state index contributed by atoms with van der Waals surface area (Å²) in [6.07, 6.45) is 7.60. The highest BCUT2D eigenvalue weighted by molar-refractivity contribution is 7.27. The number of allylic oxidation sites excluding steroid dienone is 2. The van der Waals surface area contributed by atoms with E-state index < -0.39 is 5.97 Å². The van der Waals surface area contributed by atoms with Gasteiger partial charge in [0.05, 0.1) is 17.4 Å². The molecule has 0 saturated carbocycles. The molecule has 3 aromatic heterocycles. The number of nitrogens with zero attached hydrogens (tertiary/aromatic N) is 4. The van der Waals surface area contributed by atoms with Gasteiger partial charge in [0.25, 0.3) is 0 Å². The number of fused-ring (bicyclic) bond motifs is 1. The average molecular weight is 501 g/mol. The van der Waals surface area contributed by atoms with Gasteiger partial charge in [-0.25, -0.2) is 19.7 Å². The van der Waals surface area contributed by atoms with E-state index in [0.717, 1.165) is 59.1 Å². The first-order valence-corrected chi connectivity index (χ1v) is 12.6. The molecule has 2 unspecified atom stereocenters. The summed E-state index contributed by atoms with van der Waals surface area (Å²) in [4.78, 5) is 24.7. The van der Waals surface area contributed by atoms with Crippen LogP contribution in [-0.4, -0.2) is 30.6 Å². The van der Waals surface area contributed by atoms with Crippen molar-refractivity contribution in [3.05, 3.63) is 83.1 Å². The normalized spacial score (nSPS) is 15.6. The number of carboxylic acid groups (broad SMARTS) is 1. The predicted molar refractivity (Wildman–Crippen MR) is 144 cm³/mol. The van der Waals surface area contributed by atoms with Gasteiger partial charge < -0.3 is 14.4 Å². The van der Waals surface area contributed by atoms with Gasteiger partial charge in [-0.3, -0.25) is 0 Å². The Hall–Kier alpha value is -3.57. The second-order valence-corrected chi connectivity index (χ2v) is 10.00. The Bertz CT molecular complexity index is 1480. The van der Waals surface area contributed by atoms with Gasteiger partial charge in [0.1, 0.15) is 23.6 Å². The number of hydrogen-bond acceptors (Lipinski definition) is 5. The second kappa shape index (κ2) is 10.2. The maximum Gasteiger partial charge on any atom is 0.354 e. The lowest BCUT2D eigenvalue weighted by atomic mass is 9.86. The summed E-state index contributed by atoms with van der Waals surface area (Å²) in [5, 5.41) is 10.4. The number of imidazole rings is 1. The van der Waals surface area contributed by atoms with Crippen LogP contribution in [0.5, 0.6) is 5.88 Å². The van der Waals surface area contributed by atoms with Crippen LogP contribution in [0.15, 0.2) is 54.7 Å². The van der Waals surface area contributed by atoms with Gasteiger partial charge in [0.15, 0.2) is 0 Å². The van der Waals surface area contributed by atoms with Crippen LogP contribution in [0, 0.1) is 12.8 Å². The number of carbonyl (C=O) groups is 1.